The third-order valence-electron chi connectivity index (χ3n) is 2.03. The van der Waals surface area contributed by atoms with Crippen molar-refractivity contribution >= 4 is 0 Å². The van der Waals surface area contributed by atoms with Gasteiger partial charge in [-0.3, -0.25) is 0 Å². The molecule has 0 amide bonds. The summed E-state index contributed by atoms with van der Waals surface area (Å²) in [5.41, 5.74) is 6.68. The normalized spacial score (nSPS) is 18.7. The Morgan fingerprint density at radius 3 is 3.00 bits per heavy atom. The van der Waals surface area contributed by atoms with Gasteiger partial charge in [-0.1, -0.05) is 36.5 Å². The van der Waals surface area contributed by atoms with E-state index in [1.54, 1.807) is 0 Å². The smallest absolute Gasteiger partial charge is 0.00210 e. The van der Waals surface area contributed by atoms with Gasteiger partial charge < -0.3 is 0 Å². The fourth-order valence-corrected chi connectivity index (χ4v) is 1.21. The van der Waals surface area contributed by atoms with Crippen molar-refractivity contribution in [1.82, 2.24) is 0 Å². The fraction of sp³-hybridized carbons (Fsp3) is 0.214. The molecule has 0 N–H and O–H groups in total. The van der Waals surface area contributed by atoms with Gasteiger partial charge in [0.2, 0.25) is 0 Å². The van der Waals surface area contributed by atoms with Gasteiger partial charge in [0.15, 0.2) is 0 Å². The Morgan fingerprint density at radius 2 is 2.36 bits per heavy atom. The van der Waals surface area contributed by atoms with Crippen LogP contribution in [0.1, 0.15) is 20.3 Å². The van der Waals surface area contributed by atoms with E-state index in [0.717, 1.165) is 17.6 Å². The third kappa shape index (κ3) is 3.08. The van der Waals surface area contributed by atoms with Crippen LogP contribution in [-0.4, -0.2) is 0 Å². The average Bonchev–Trinajstić information content (AvgIpc) is 2.39. The molecule has 0 unspecified atom stereocenters. The molecule has 0 aliphatic heterocycles. The van der Waals surface area contributed by atoms with Crippen molar-refractivity contribution < 1.29 is 0 Å². The number of allylic oxidation sites excluding steroid dienone is 8. The van der Waals surface area contributed by atoms with Crippen LogP contribution in [0, 0.1) is 0 Å². The maximum absolute atomic E-state index is 3.94. The van der Waals surface area contributed by atoms with Crippen LogP contribution in [0.25, 0.3) is 0 Å². The highest BCUT2D eigenvalue weighted by Crippen LogP contribution is 2.17. The maximum Gasteiger partial charge on any atom is -0.00210 e. The minimum atomic E-state index is 0.942. The molecule has 72 valence electrons. The molecule has 0 saturated heterocycles. The molecule has 0 heterocycles. The van der Waals surface area contributed by atoms with Gasteiger partial charge in [0.1, 0.15) is 0 Å². The second-order valence-electron chi connectivity index (χ2n) is 3.37. The highest BCUT2D eigenvalue weighted by atomic mass is 14.0. The molecule has 0 aromatic rings. The first-order valence-corrected chi connectivity index (χ1v) is 4.84. The molecule has 0 atom stereocenters. The van der Waals surface area contributed by atoms with E-state index >= 15 is 0 Å². The summed E-state index contributed by atoms with van der Waals surface area (Å²) >= 11 is 0. The molecule has 0 fully saturated rings. The van der Waals surface area contributed by atoms with Crippen LogP contribution < -0.4 is 0 Å². The summed E-state index contributed by atoms with van der Waals surface area (Å²) in [4.78, 5) is 0. The Labute approximate surface area is 86.3 Å². The van der Waals surface area contributed by atoms with Crippen molar-refractivity contribution in [3.8, 4) is 0 Å². The second-order valence-corrected chi connectivity index (χ2v) is 3.37. The quantitative estimate of drug-likeness (QED) is 0.567. The molecule has 14 heavy (non-hydrogen) atoms. The molecule has 1 aliphatic rings. The average molecular weight is 184 g/mol. The van der Waals surface area contributed by atoms with Gasteiger partial charge in [0.05, 0.1) is 0 Å². The van der Waals surface area contributed by atoms with Crippen LogP contribution in [0.2, 0.25) is 0 Å². The lowest BCUT2D eigenvalue weighted by molar-refractivity contribution is 1.28. The molecule has 0 aromatic heterocycles. The molecule has 0 spiro atoms. The lowest BCUT2D eigenvalue weighted by Crippen LogP contribution is -1.80. The van der Waals surface area contributed by atoms with Crippen LogP contribution in [0.5, 0.6) is 0 Å². The van der Waals surface area contributed by atoms with E-state index < -0.39 is 0 Å². The zero-order chi connectivity index (χ0) is 10.4. The van der Waals surface area contributed by atoms with Gasteiger partial charge >= 0.3 is 0 Å². The predicted molar refractivity (Wildman–Crippen MR) is 63.1 cm³/mol. The largest absolute Gasteiger partial charge is 0.124 e. The van der Waals surface area contributed by atoms with Crippen molar-refractivity contribution in [2.75, 3.05) is 0 Å². The fourth-order valence-electron chi connectivity index (χ4n) is 1.21. The van der Waals surface area contributed by atoms with Gasteiger partial charge in [-0.25, -0.2) is 0 Å². The van der Waals surface area contributed by atoms with Gasteiger partial charge in [0, 0.05) is 0 Å². The first-order valence-electron chi connectivity index (χ1n) is 4.84. The van der Waals surface area contributed by atoms with E-state index in [2.05, 4.69) is 30.5 Å². The molecule has 0 radical (unpaired) electrons. The molecular weight excluding hydrogens is 168 g/mol. The minimum absolute atomic E-state index is 0.942. The van der Waals surface area contributed by atoms with Gasteiger partial charge in [-0.15, -0.1) is 5.73 Å². The summed E-state index contributed by atoms with van der Waals surface area (Å²) < 4.78 is 0. The number of hydrogen-bond acceptors (Lipinski definition) is 0. The van der Waals surface area contributed by atoms with Crippen LogP contribution in [-0.2, 0) is 0 Å². The van der Waals surface area contributed by atoms with E-state index in [9.17, 15) is 0 Å². The van der Waals surface area contributed by atoms with Crippen LogP contribution >= 0.6 is 0 Å². The summed E-state index contributed by atoms with van der Waals surface area (Å²) in [5.74, 6) is 0. The first-order chi connectivity index (χ1) is 6.74. The Balaban J connectivity index is 2.99. The van der Waals surface area contributed by atoms with E-state index in [-0.39, 0.29) is 0 Å². The highest BCUT2D eigenvalue weighted by molar-refractivity contribution is 5.44. The number of hydrogen-bond donors (Lipinski definition) is 0. The van der Waals surface area contributed by atoms with Gasteiger partial charge in [-0.2, -0.15) is 0 Å². The topological polar surface area (TPSA) is 0 Å². The molecule has 0 aromatic carbocycles. The zero-order valence-electron chi connectivity index (χ0n) is 8.88. The standard InChI is InChI=1S/C14H16/c1-4-5-8-13-9-6-7-10-14(11-13)12(2)3/h4-6,8,10-11H,2,9H2,1,3H3/b5-4-,13-8+. The summed E-state index contributed by atoms with van der Waals surface area (Å²) in [6.07, 6.45) is 13.3. The summed E-state index contributed by atoms with van der Waals surface area (Å²) in [5, 5.41) is 0. The Bertz CT molecular complexity index is 367. The lowest BCUT2D eigenvalue weighted by atomic mass is 10.1. The first kappa shape index (κ1) is 10.6. The van der Waals surface area contributed by atoms with E-state index in [1.165, 1.54) is 5.57 Å². The van der Waals surface area contributed by atoms with Crippen LogP contribution in [0.4, 0.5) is 0 Å². The van der Waals surface area contributed by atoms with Crippen molar-refractivity contribution in [3.05, 3.63) is 65.5 Å². The molecule has 1 rings (SSSR count). The highest BCUT2D eigenvalue weighted by Gasteiger charge is 1.98. The van der Waals surface area contributed by atoms with Gasteiger partial charge in [0.25, 0.3) is 0 Å². The van der Waals surface area contributed by atoms with Crippen molar-refractivity contribution in [2.24, 2.45) is 0 Å². The summed E-state index contributed by atoms with van der Waals surface area (Å²) in [6, 6.07) is 0. The monoisotopic (exact) mass is 184 g/mol. The molecule has 0 bridgehead atoms. The summed E-state index contributed by atoms with van der Waals surface area (Å²) in [7, 11) is 0. The Morgan fingerprint density at radius 1 is 1.57 bits per heavy atom. The summed E-state index contributed by atoms with van der Waals surface area (Å²) in [6.45, 7) is 7.97. The van der Waals surface area contributed by atoms with Crippen molar-refractivity contribution in [3.63, 3.8) is 0 Å². The SMILES string of the molecule is C=C(C)C1=C/C(=C/C=C\C)CC=C=C1. The molecule has 0 nitrogen and oxygen atoms in total. The van der Waals surface area contributed by atoms with E-state index in [0.29, 0.717) is 0 Å². The van der Waals surface area contributed by atoms with E-state index in [1.807, 2.05) is 32.1 Å². The van der Waals surface area contributed by atoms with Crippen LogP contribution in [0.15, 0.2) is 65.5 Å². The number of rotatable bonds is 2. The zero-order valence-corrected chi connectivity index (χ0v) is 8.88. The molecular formula is C14H16. The van der Waals surface area contributed by atoms with Gasteiger partial charge in [-0.05, 0) is 43.6 Å². The third-order valence-corrected chi connectivity index (χ3v) is 2.03. The predicted octanol–water partition coefficient (Wildman–Crippen LogP) is 4.11. The Kier molecular flexibility index (Phi) is 3.97. The molecule has 1 aliphatic carbocycles. The van der Waals surface area contributed by atoms with Crippen molar-refractivity contribution in [1.29, 1.82) is 0 Å². The molecule has 0 heteroatoms. The van der Waals surface area contributed by atoms with Crippen molar-refractivity contribution in [2.45, 2.75) is 20.3 Å². The Hall–Kier alpha value is -1.52. The maximum atomic E-state index is 3.94. The lowest BCUT2D eigenvalue weighted by Gasteiger charge is -1.99. The second kappa shape index (κ2) is 5.26. The van der Waals surface area contributed by atoms with Crippen LogP contribution in [0.3, 0.4) is 0 Å². The van der Waals surface area contributed by atoms with E-state index in [4.69, 9.17) is 0 Å². The molecule has 0 saturated carbocycles. The minimum Gasteiger partial charge on any atom is -0.124 e.